The summed E-state index contributed by atoms with van der Waals surface area (Å²) in [6, 6.07) is -0.00380. The molecule has 0 bridgehead atoms. The van der Waals surface area contributed by atoms with Crippen molar-refractivity contribution in [3.63, 3.8) is 0 Å². The van der Waals surface area contributed by atoms with Crippen molar-refractivity contribution in [3.8, 4) is 0 Å². The summed E-state index contributed by atoms with van der Waals surface area (Å²) in [7, 11) is 0. The predicted octanol–water partition coefficient (Wildman–Crippen LogP) is -1.12. The van der Waals surface area contributed by atoms with Gasteiger partial charge >= 0.3 is 0 Å². The normalized spacial score (nSPS) is 40.3. The average molecular weight is 169 g/mol. The zero-order valence-corrected chi connectivity index (χ0v) is 6.55. The Morgan fingerprint density at radius 2 is 2.25 bits per heavy atom. The van der Waals surface area contributed by atoms with Gasteiger partial charge in [-0.3, -0.25) is 4.79 Å². The molecule has 12 heavy (non-hydrogen) atoms. The molecule has 4 heteroatoms. The quantitative estimate of drug-likeness (QED) is 0.451. The Morgan fingerprint density at radius 3 is 3.00 bits per heavy atom. The number of nitrogens with zero attached hydrogens (tertiary/aromatic N) is 1. The van der Waals surface area contributed by atoms with Crippen LogP contribution in [-0.2, 0) is 4.79 Å². The van der Waals surface area contributed by atoms with Crippen LogP contribution in [0.3, 0.4) is 0 Å². The fourth-order valence-electron chi connectivity index (χ4n) is 1.74. The molecule has 4 nitrogen and oxygen atoms in total. The van der Waals surface area contributed by atoms with Crippen molar-refractivity contribution in [2.45, 2.75) is 24.7 Å². The lowest BCUT2D eigenvalue weighted by Crippen LogP contribution is -2.54. The standard InChI is InChI=1S/C8H11NO3/c10-6-4-5-2-1-3-9(5)8(12)7(6)11/h1-2,5-7,10-11H,3-4H2. The minimum Gasteiger partial charge on any atom is -0.390 e. The highest BCUT2D eigenvalue weighted by molar-refractivity contribution is 5.83. The Morgan fingerprint density at radius 1 is 1.50 bits per heavy atom. The van der Waals surface area contributed by atoms with Gasteiger partial charge in [0.2, 0.25) is 0 Å². The topological polar surface area (TPSA) is 60.8 Å². The number of piperidine rings is 1. The van der Waals surface area contributed by atoms with Crippen LogP contribution in [0.2, 0.25) is 0 Å². The molecule has 1 amide bonds. The van der Waals surface area contributed by atoms with Crippen LogP contribution in [0.4, 0.5) is 0 Å². The first-order chi connectivity index (χ1) is 5.70. The molecule has 3 unspecified atom stereocenters. The van der Waals surface area contributed by atoms with Crippen molar-refractivity contribution in [1.29, 1.82) is 0 Å². The molecule has 0 aliphatic carbocycles. The minimum absolute atomic E-state index is 0.00380. The van der Waals surface area contributed by atoms with E-state index in [9.17, 15) is 15.0 Å². The second kappa shape index (κ2) is 2.57. The van der Waals surface area contributed by atoms with Gasteiger partial charge in [0.15, 0.2) is 6.10 Å². The molecule has 1 fully saturated rings. The molecule has 0 saturated carbocycles. The first-order valence-electron chi connectivity index (χ1n) is 4.03. The van der Waals surface area contributed by atoms with Gasteiger partial charge < -0.3 is 15.1 Å². The molecule has 2 aliphatic rings. The van der Waals surface area contributed by atoms with Crippen LogP contribution in [-0.4, -0.2) is 45.8 Å². The molecule has 0 aromatic carbocycles. The van der Waals surface area contributed by atoms with Crippen molar-refractivity contribution in [2.75, 3.05) is 6.54 Å². The van der Waals surface area contributed by atoms with Crippen molar-refractivity contribution in [2.24, 2.45) is 0 Å². The largest absolute Gasteiger partial charge is 0.390 e. The summed E-state index contributed by atoms with van der Waals surface area (Å²) in [5, 5.41) is 18.5. The van der Waals surface area contributed by atoms with E-state index in [4.69, 9.17) is 0 Å². The van der Waals surface area contributed by atoms with Crippen molar-refractivity contribution < 1.29 is 15.0 Å². The molecule has 0 aromatic rings. The molecule has 0 spiro atoms. The predicted molar refractivity (Wildman–Crippen MR) is 41.3 cm³/mol. The number of carbonyl (C=O) groups is 1. The monoisotopic (exact) mass is 169 g/mol. The number of hydrogen-bond acceptors (Lipinski definition) is 3. The molecule has 1 saturated heterocycles. The summed E-state index contributed by atoms with van der Waals surface area (Å²) in [6.45, 7) is 0.563. The lowest BCUT2D eigenvalue weighted by atomic mass is 9.98. The van der Waals surface area contributed by atoms with Crippen LogP contribution >= 0.6 is 0 Å². The average Bonchev–Trinajstić information content (AvgIpc) is 2.48. The second-order valence-electron chi connectivity index (χ2n) is 3.23. The van der Waals surface area contributed by atoms with Crippen molar-refractivity contribution in [1.82, 2.24) is 4.90 Å². The molecule has 2 N–H and O–H groups in total. The summed E-state index contributed by atoms with van der Waals surface area (Å²) in [5.74, 6) is -0.358. The van der Waals surface area contributed by atoms with Crippen LogP contribution in [0.5, 0.6) is 0 Å². The first kappa shape index (κ1) is 7.76. The summed E-state index contributed by atoms with van der Waals surface area (Å²) < 4.78 is 0. The van der Waals surface area contributed by atoms with Gasteiger partial charge in [-0.15, -0.1) is 0 Å². The van der Waals surface area contributed by atoms with E-state index in [-0.39, 0.29) is 11.9 Å². The van der Waals surface area contributed by atoms with Crippen LogP contribution < -0.4 is 0 Å². The number of aliphatic hydroxyl groups is 2. The maximum atomic E-state index is 11.3. The highest BCUT2D eigenvalue weighted by Gasteiger charge is 2.40. The maximum Gasteiger partial charge on any atom is 0.254 e. The maximum absolute atomic E-state index is 11.3. The third-order valence-corrected chi connectivity index (χ3v) is 2.44. The Labute approximate surface area is 70.1 Å². The van der Waals surface area contributed by atoms with Crippen LogP contribution in [0.15, 0.2) is 12.2 Å². The van der Waals surface area contributed by atoms with Gasteiger partial charge in [-0.1, -0.05) is 12.2 Å². The van der Waals surface area contributed by atoms with Crippen molar-refractivity contribution >= 4 is 5.91 Å². The van der Waals surface area contributed by atoms with E-state index in [1.54, 1.807) is 4.90 Å². The molecule has 66 valence electrons. The van der Waals surface area contributed by atoms with Gasteiger partial charge in [-0.25, -0.2) is 0 Å². The Balaban J connectivity index is 2.19. The van der Waals surface area contributed by atoms with Gasteiger partial charge in [0.1, 0.15) is 0 Å². The minimum atomic E-state index is -1.22. The Hall–Kier alpha value is -0.870. The van der Waals surface area contributed by atoms with Crippen LogP contribution in [0.25, 0.3) is 0 Å². The number of amides is 1. The lowest BCUT2D eigenvalue weighted by Gasteiger charge is -2.35. The zero-order chi connectivity index (χ0) is 8.72. The second-order valence-corrected chi connectivity index (χ2v) is 3.23. The van der Waals surface area contributed by atoms with Gasteiger partial charge in [-0.05, 0) is 0 Å². The third kappa shape index (κ3) is 0.956. The van der Waals surface area contributed by atoms with E-state index in [0.717, 1.165) is 0 Å². The summed E-state index contributed by atoms with van der Waals surface area (Å²) in [4.78, 5) is 12.9. The molecule has 2 heterocycles. The van der Waals surface area contributed by atoms with Gasteiger partial charge in [0.25, 0.3) is 5.91 Å². The van der Waals surface area contributed by atoms with E-state index in [1.807, 2.05) is 12.2 Å². The van der Waals surface area contributed by atoms with E-state index < -0.39 is 12.2 Å². The number of aliphatic hydroxyl groups excluding tert-OH is 2. The lowest BCUT2D eigenvalue weighted by molar-refractivity contribution is -0.154. The third-order valence-electron chi connectivity index (χ3n) is 2.44. The molecule has 2 rings (SSSR count). The van der Waals surface area contributed by atoms with Crippen LogP contribution in [0.1, 0.15) is 6.42 Å². The number of fused-ring (bicyclic) bond motifs is 1. The molecular weight excluding hydrogens is 158 g/mol. The van der Waals surface area contributed by atoms with E-state index >= 15 is 0 Å². The number of rotatable bonds is 0. The summed E-state index contributed by atoms with van der Waals surface area (Å²) >= 11 is 0. The highest BCUT2D eigenvalue weighted by Crippen LogP contribution is 2.23. The van der Waals surface area contributed by atoms with Gasteiger partial charge in [0, 0.05) is 13.0 Å². The van der Waals surface area contributed by atoms with Gasteiger partial charge in [-0.2, -0.15) is 0 Å². The molecule has 0 radical (unpaired) electrons. The Bertz CT molecular complexity index is 238. The van der Waals surface area contributed by atoms with E-state index in [1.165, 1.54) is 0 Å². The first-order valence-corrected chi connectivity index (χ1v) is 4.03. The molecule has 0 aromatic heterocycles. The van der Waals surface area contributed by atoms with Crippen LogP contribution in [0, 0.1) is 0 Å². The van der Waals surface area contributed by atoms with E-state index in [0.29, 0.717) is 13.0 Å². The zero-order valence-electron chi connectivity index (χ0n) is 6.55. The molecular formula is C8H11NO3. The van der Waals surface area contributed by atoms with Crippen molar-refractivity contribution in [3.05, 3.63) is 12.2 Å². The fourth-order valence-corrected chi connectivity index (χ4v) is 1.74. The SMILES string of the molecule is O=C1C(O)C(O)CC2C=CCN12. The number of hydrogen-bond donors (Lipinski definition) is 2. The number of carbonyl (C=O) groups excluding carboxylic acids is 1. The smallest absolute Gasteiger partial charge is 0.254 e. The Kier molecular flexibility index (Phi) is 1.66. The summed E-state index contributed by atoms with van der Waals surface area (Å²) in [5.41, 5.74) is 0. The fraction of sp³-hybridized carbons (Fsp3) is 0.625. The van der Waals surface area contributed by atoms with Gasteiger partial charge in [0.05, 0.1) is 12.1 Å². The molecule has 2 aliphatic heterocycles. The summed E-state index contributed by atoms with van der Waals surface area (Å²) in [6.07, 6.45) is 2.10. The highest BCUT2D eigenvalue weighted by atomic mass is 16.3. The molecule has 3 atom stereocenters. The van der Waals surface area contributed by atoms with E-state index in [2.05, 4.69) is 0 Å².